The molecule has 0 atom stereocenters. The van der Waals surface area contributed by atoms with E-state index in [0.29, 0.717) is 17.9 Å². The zero-order chi connectivity index (χ0) is 23.3. The molecular formula is C22H21N3O7. The number of methoxy groups -OCH3 is 2. The number of nitrogens with zero attached hydrogens (tertiary/aromatic N) is 2. The van der Waals surface area contributed by atoms with Gasteiger partial charge < -0.3 is 19.7 Å². The molecule has 3 aromatic rings. The van der Waals surface area contributed by atoms with Crippen molar-refractivity contribution in [3.05, 3.63) is 80.0 Å². The van der Waals surface area contributed by atoms with E-state index in [2.05, 4.69) is 9.98 Å². The first kappa shape index (κ1) is 22.3. The number of carbonyl (C=O) groups is 1. The molecule has 10 nitrogen and oxygen atoms in total. The van der Waals surface area contributed by atoms with Crippen LogP contribution >= 0.6 is 0 Å². The number of hydrogen-bond donors (Lipinski definition) is 3. The van der Waals surface area contributed by atoms with Crippen LogP contribution in [0.25, 0.3) is 0 Å². The van der Waals surface area contributed by atoms with Gasteiger partial charge >= 0.3 is 11.7 Å². The molecular weight excluding hydrogens is 418 g/mol. The fraction of sp³-hybridized carbons (Fsp3) is 0.182. The highest BCUT2D eigenvalue weighted by Gasteiger charge is 2.13. The van der Waals surface area contributed by atoms with Gasteiger partial charge in [0, 0.05) is 12.8 Å². The normalized spacial score (nSPS) is 10.9. The lowest BCUT2D eigenvalue weighted by molar-refractivity contribution is 0.0697. The molecule has 2 aromatic carbocycles. The molecule has 0 amide bonds. The van der Waals surface area contributed by atoms with Crippen molar-refractivity contribution in [3.8, 4) is 17.4 Å². The first-order valence-corrected chi connectivity index (χ1v) is 9.48. The summed E-state index contributed by atoms with van der Waals surface area (Å²) in [6, 6.07) is 11.0. The summed E-state index contributed by atoms with van der Waals surface area (Å²) in [7, 11) is 3.04. The lowest BCUT2D eigenvalue weighted by atomic mass is 10.1. The summed E-state index contributed by atoms with van der Waals surface area (Å²) in [5.41, 5.74) is -0.686. The van der Waals surface area contributed by atoms with Crippen LogP contribution < -0.4 is 20.7 Å². The zero-order valence-electron chi connectivity index (χ0n) is 17.4. The molecule has 0 aliphatic heterocycles. The van der Waals surface area contributed by atoms with E-state index in [9.17, 15) is 19.5 Å². The van der Waals surface area contributed by atoms with Crippen LogP contribution in [0.4, 0.5) is 5.69 Å². The van der Waals surface area contributed by atoms with E-state index in [1.165, 1.54) is 32.4 Å². The van der Waals surface area contributed by atoms with Crippen LogP contribution in [0.1, 0.15) is 21.5 Å². The molecule has 1 aromatic heterocycles. The van der Waals surface area contributed by atoms with E-state index in [1.54, 1.807) is 24.3 Å². The van der Waals surface area contributed by atoms with Gasteiger partial charge in [-0.2, -0.15) is 0 Å². The molecule has 0 fully saturated rings. The Labute approximate surface area is 182 Å². The first-order valence-electron chi connectivity index (χ1n) is 9.48. The van der Waals surface area contributed by atoms with Crippen LogP contribution in [0.2, 0.25) is 0 Å². The Kier molecular flexibility index (Phi) is 6.74. The quantitative estimate of drug-likeness (QED) is 0.455. The highest BCUT2D eigenvalue weighted by atomic mass is 16.5. The van der Waals surface area contributed by atoms with Gasteiger partial charge in [-0.15, -0.1) is 0 Å². The molecule has 3 rings (SSSR count). The fourth-order valence-electron chi connectivity index (χ4n) is 3.03. The summed E-state index contributed by atoms with van der Waals surface area (Å²) in [4.78, 5) is 41.7. The summed E-state index contributed by atoms with van der Waals surface area (Å²) in [6.45, 7) is 0.0757. The number of H-pyrrole nitrogens is 1. The molecule has 166 valence electrons. The number of aromatic nitrogens is 2. The number of aromatic amines is 1. The number of rotatable bonds is 8. The second-order valence-corrected chi connectivity index (χ2v) is 6.70. The number of benzene rings is 2. The van der Waals surface area contributed by atoms with Crippen molar-refractivity contribution in [1.29, 1.82) is 0 Å². The number of carboxylic acids is 1. The van der Waals surface area contributed by atoms with Gasteiger partial charge in [-0.3, -0.25) is 19.3 Å². The second kappa shape index (κ2) is 9.65. The third-order valence-corrected chi connectivity index (χ3v) is 4.71. The summed E-state index contributed by atoms with van der Waals surface area (Å²) < 4.78 is 11.5. The number of nitrogens with one attached hydrogen (secondary N) is 1. The van der Waals surface area contributed by atoms with Crippen LogP contribution in [-0.4, -0.2) is 46.2 Å². The molecule has 10 heteroatoms. The lowest BCUT2D eigenvalue weighted by Gasteiger charge is -2.12. The van der Waals surface area contributed by atoms with Crippen molar-refractivity contribution < 1.29 is 24.5 Å². The van der Waals surface area contributed by atoms with Gasteiger partial charge in [0.25, 0.3) is 5.56 Å². The number of carboxylic acid groups (broad SMARTS) is 1. The van der Waals surface area contributed by atoms with Gasteiger partial charge in [0.15, 0.2) is 11.5 Å². The monoisotopic (exact) mass is 439 g/mol. The molecule has 32 heavy (non-hydrogen) atoms. The number of aromatic carboxylic acids is 1. The van der Waals surface area contributed by atoms with Gasteiger partial charge in [-0.1, -0.05) is 12.1 Å². The van der Waals surface area contributed by atoms with E-state index in [4.69, 9.17) is 14.6 Å². The highest BCUT2D eigenvalue weighted by molar-refractivity contribution is 5.89. The van der Waals surface area contributed by atoms with Crippen molar-refractivity contribution in [2.24, 2.45) is 4.99 Å². The maximum absolute atomic E-state index is 12.2. The Hall–Kier alpha value is -4.34. The van der Waals surface area contributed by atoms with E-state index in [-0.39, 0.29) is 23.4 Å². The van der Waals surface area contributed by atoms with Crippen LogP contribution in [-0.2, 0) is 13.0 Å². The predicted octanol–water partition coefficient (Wildman–Crippen LogP) is 1.95. The average Bonchev–Trinajstić information content (AvgIpc) is 2.78. The minimum atomic E-state index is -1.12. The SMILES string of the molecule is COc1ccc(CCn2c(O)c(C=Nc3cccc(C(=O)O)c3)c(=O)[nH]c2=O)cc1OC. The number of aryl methyl sites for hydroxylation is 1. The van der Waals surface area contributed by atoms with E-state index >= 15 is 0 Å². The predicted molar refractivity (Wildman–Crippen MR) is 117 cm³/mol. The molecule has 0 aliphatic rings. The Morgan fingerprint density at radius 1 is 1.12 bits per heavy atom. The van der Waals surface area contributed by atoms with Crippen molar-refractivity contribution in [2.45, 2.75) is 13.0 Å². The Morgan fingerprint density at radius 3 is 2.56 bits per heavy atom. The molecule has 0 unspecified atom stereocenters. The van der Waals surface area contributed by atoms with Gasteiger partial charge in [0.05, 0.1) is 25.5 Å². The summed E-state index contributed by atoms with van der Waals surface area (Å²) in [5.74, 6) is -0.575. The third kappa shape index (κ3) is 4.86. The molecule has 0 spiro atoms. The first-order chi connectivity index (χ1) is 15.3. The van der Waals surface area contributed by atoms with Gasteiger partial charge in [-0.05, 0) is 42.3 Å². The van der Waals surface area contributed by atoms with Gasteiger partial charge in [0.1, 0.15) is 5.56 Å². The molecule has 0 aliphatic carbocycles. The van der Waals surface area contributed by atoms with Crippen molar-refractivity contribution >= 4 is 17.9 Å². The fourth-order valence-corrected chi connectivity index (χ4v) is 3.03. The van der Waals surface area contributed by atoms with Crippen molar-refractivity contribution in [3.63, 3.8) is 0 Å². The minimum Gasteiger partial charge on any atom is -0.494 e. The molecule has 0 radical (unpaired) electrons. The molecule has 0 saturated heterocycles. The smallest absolute Gasteiger partial charge is 0.335 e. The molecule has 0 saturated carbocycles. The summed E-state index contributed by atoms with van der Waals surface area (Å²) in [5, 5.41) is 19.6. The number of aliphatic imine (C=N–C) groups is 1. The Balaban J connectivity index is 1.88. The highest BCUT2D eigenvalue weighted by Crippen LogP contribution is 2.28. The van der Waals surface area contributed by atoms with Crippen LogP contribution in [0, 0.1) is 0 Å². The maximum Gasteiger partial charge on any atom is 0.335 e. The van der Waals surface area contributed by atoms with Gasteiger partial charge in [-0.25, -0.2) is 9.59 Å². The topological polar surface area (TPSA) is 143 Å². The van der Waals surface area contributed by atoms with Gasteiger partial charge in [0.2, 0.25) is 5.88 Å². The van der Waals surface area contributed by atoms with Crippen molar-refractivity contribution in [1.82, 2.24) is 9.55 Å². The molecule has 0 bridgehead atoms. The second-order valence-electron chi connectivity index (χ2n) is 6.70. The van der Waals surface area contributed by atoms with E-state index < -0.39 is 23.1 Å². The summed E-state index contributed by atoms with van der Waals surface area (Å²) in [6.07, 6.45) is 1.44. The van der Waals surface area contributed by atoms with Crippen LogP contribution in [0.15, 0.2) is 57.0 Å². The Bertz CT molecular complexity index is 1290. The standard InChI is InChI=1S/C22H21N3O7/c1-31-17-7-6-13(10-18(17)32-2)8-9-25-20(27)16(19(26)24-22(25)30)12-23-15-5-3-4-14(11-15)21(28)29/h3-7,10-12,27H,8-9H2,1-2H3,(H,28,29)(H,24,26,30). The molecule has 3 N–H and O–H groups in total. The van der Waals surface area contributed by atoms with Crippen LogP contribution in [0.5, 0.6) is 17.4 Å². The third-order valence-electron chi connectivity index (χ3n) is 4.71. The minimum absolute atomic E-state index is 0.0256. The lowest BCUT2D eigenvalue weighted by Crippen LogP contribution is -2.32. The van der Waals surface area contributed by atoms with Crippen molar-refractivity contribution in [2.75, 3.05) is 14.2 Å². The number of ether oxygens (including phenoxy) is 2. The number of aromatic hydroxyl groups is 1. The largest absolute Gasteiger partial charge is 0.494 e. The van der Waals surface area contributed by atoms with E-state index in [1.807, 2.05) is 0 Å². The molecule has 1 heterocycles. The average molecular weight is 439 g/mol. The van der Waals surface area contributed by atoms with Crippen LogP contribution in [0.3, 0.4) is 0 Å². The maximum atomic E-state index is 12.2. The Morgan fingerprint density at radius 2 is 1.88 bits per heavy atom. The zero-order valence-corrected chi connectivity index (χ0v) is 17.4. The summed E-state index contributed by atoms with van der Waals surface area (Å²) >= 11 is 0. The van der Waals surface area contributed by atoms with E-state index in [0.717, 1.165) is 16.3 Å². The number of hydrogen-bond acceptors (Lipinski definition) is 7.